The third kappa shape index (κ3) is 3.19. The van der Waals surface area contributed by atoms with E-state index in [9.17, 15) is 0 Å². The van der Waals surface area contributed by atoms with E-state index in [0.717, 1.165) is 21.5 Å². The van der Waals surface area contributed by atoms with Crippen LogP contribution in [0.4, 0.5) is 0 Å². The second kappa shape index (κ2) is 6.86. The predicted molar refractivity (Wildman–Crippen MR) is 85.1 cm³/mol. The topological polar surface area (TPSA) is 34.1 Å². The average Bonchev–Trinajstić information content (AvgIpc) is 2.50. The number of likely N-dealkylation sites (N-methyl/N-ethyl adjacent to an activating group) is 1. The summed E-state index contributed by atoms with van der Waals surface area (Å²) in [5, 5.41) is 3.38. The highest BCUT2D eigenvalue weighted by Gasteiger charge is 2.23. The highest BCUT2D eigenvalue weighted by molar-refractivity contribution is 9.10. The van der Waals surface area contributed by atoms with Gasteiger partial charge in [0.1, 0.15) is 5.75 Å². The summed E-state index contributed by atoms with van der Waals surface area (Å²) < 4.78 is 6.52. The number of nitrogens with one attached hydrogen (secondary N) is 1. The molecule has 20 heavy (non-hydrogen) atoms. The van der Waals surface area contributed by atoms with Crippen molar-refractivity contribution in [1.29, 1.82) is 0 Å². The van der Waals surface area contributed by atoms with Gasteiger partial charge in [0.15, 0.2) is 0 Å². The van der Waals surface area contributed by atoms with Gasteiger partial charge in [-0.15, -0.1) is 0 Å². The lowest BCUT2D eigenvalue weighted by atomic mass is 9.91. The van der Waals surface area contributed by atoms with Crippen LogP contribution in [0.15, 0.2) is 47.1 Å². The van der Waals surface area contributed by atoms with E-state index in [1.54, 1.807) is 7.11 Å². The molecule has 1 N–H and O–H groups in total. The maximum Gasteiger partial charge on any atom is 0.124 e. The Morgan fingerprint density at radius 1 is 1.25 bits per heavy atom. The molecular formula is C16H19BrN2O. The van der Waals surface area contributed by atoms with Crippen molar-refractivity contribution in [2.75, 3.05) is 14.2 Å². The molecule has 0 aliphatic rings. The van der Waals surface area contributed by atoms with Gasteiger partial charge in [-0.05, 0) is 31.3 Å². The van der Waals surface area contributed by atoms with Crippen molar-refractivity contribution in [3.05, 3.63) is 58.3 Å². The minimum Gasteiger partial charge on any atom is -0.496 e. The Hall–Kier alpha value is -1.39. The lowest BCUT2D eigenvalue weighted by Gasteiger charge is -2.25. The predicted octanol–water partition coefficient (Wildman–Crippen LogP) is 3.92. The molecule has 2 atom stereocenters. The Balaban J connectivity index is 2.37. The summed E-state index contributed by atoms with van der Waals surface area (Å²) in [6.07, 6.45) is 1.83. The highest BCUT2D eigenvalue weighted by atomic mass is 79.9. The number of nitrogens with zero attached hydrogens (tertiary/aromatic N) is 1. The molecule has 0 saturated heterocycles. The van der Waals surface area contributed by atoms with Crippen molar-refractivity contribution >= 4 is 15.9 Å². The van der Waals surface area contributed by atoms with E-state index >= 15 is 0 Å². The van der Waals surface area contributed by atoms with Crippen LogP contribution in [0.2, 0.25) is 0 Å². The van der Waals surface area contributed by atoms with Crippen molar-refractivity contribution in [1.82, 2.24) is 10.3 Å². The molecule has 2 aromatic rings. The van der Waals surface area contributed by atoms with Crippen LogP contribution in [0.5, 0.6) is 5.75 Å². The molecule has 1 aromatic carbocycles. The van der Waals surface area contributed by atoms with Crippen molar-refractivity contribution < 1.29 is 4.74 Å². The first-order valence-electron chi connectivity index (χ1n) is 6.59. The van der Waals surface area contributed by atoms with Gasteiger partial charge in [0.2, 0.25) is 0 Å². The normalized spacial score (nSPS) is 13.8. The maximum absolute atomic E-state index is 5.50. The van der Waals surface area contributed by atoms with Crippen molar-refractivity contribution in [2.45, 2.75) is 18.9 Å². The summed E-state index contributed by atoms with van der Waals surface area (Å²) in [4.78, 5) is 4.46. The van der Waals surface area contributed by atoms with Gasteiger partial charge in [0, 0.05) is 33.9 Å². The Kier molecular flexibility index (Phi) is 5.15. The lowest BCUT2D eigenvalue weighted by Crippen LogP contribution is -2.23. The first kappa shape index (κ1) is 15.0. The van der Waals surface area contributed by atoms with Gasteiger partial charge in [0.05, 0.1) is 7.11 Å². The third-order valence-electron chi connectivity index (χ3n) is 3.50. The fourth-order valence-electron chi connectivity index (χ4n) is 2.43. The van der Waals surface area contributed by atoms with E-state index in [2.05, 4.69) is 45.3 Å². The van der Waals surface area contributed by atoms with Gasteiger partial charge in [0.25, 0.3) is 0 Å². The molecule has 2 unspecified atom stereocenters. The van der Waals surface area contributed by atoms with E-state index in [-0.39, 0.29) is 12.0 Å². The number of ether oxygens (including phenoxy) is 1. The summed E-state index contributed by atoms with van der Waals surface area (Å²) in [6.45, 7) is 2.17. The van der Waals surface area contributed by atoms with E-state index in [1.165, 1.54) is 0 Å². The average molecular weight is 335 g/mol. The number of rotatable bonds is 5. The molecular weight excluding hydrogens is 316 g/mol. The van der Waals surface area contributed by atoms with E-state index in [1.807, 2.05) is 37.5 Å². The Bertz CT molecular complexity index is 560. The van der Waals surface area contributed by atoms with Crippen LogP contribution in [0.1, 0.15) is 30.1 Å². The fraction of sp³-hybridized carbons (Fsp3) is 0.312. The van der Waals surface area contributed by atoms with Crippen LogP contribution < -0.4 is 10.1 Å². The number of aromatic nitrogens is 1. The van der Waals surface area contributed by atoms with Crippen molar-refractivity contribution in [3.8, 4) is 5.75 Å². The van der Waals surface area contributed by atoms with Gasteiger partial charge < -0.3 is 10.1 Å². The minimum atomic E-state index is 0.146. The maximum atomic E-state index is 5.50. The molecule has 0 amide bonds. The van der Waals surface area contributed by atoms with E-state index in [0.29, 0.717) is 0 Å². The lowest BCUT2D eigenvalue weighted by molar-refractivity contribution is 0.393. The number of methoxy groups -OCH3 is 1. The quantitative estimate of drug-likeness (QED) is 0.899. The molecule has 1 aromatic heterocycles. The summed E-state index contributed by atoms with van der Waals surface area (Å²) in [5.41, 5.74) is 2.20. The largest absolute Gasteiger partial charge is 0.496 e. The minimum absolute atomic E-state index is 0.146. The Morgan fingerprint density at radius 2 is 2.05 bits per heavy atom. The molecule has 0 aliphatic carbocycles. The molecule has 3 nitrogen and oxygen atoms in total. The monoisotopic (exact) mass is 334 g/mol. The van der Waals surface area contributed by atoms with Crippen LogP contribution in [-0.2, 0) is 0 Å². The summed E-state index contributed by atoms with van der Waals surface area (Å²) in [6, 6.07) is 12.3. The van der Waals surface area contributed by atoms with Crippen molar-refractivity contribution in [3.63, 3.8) is 0 Å². The second-order valence-corrected chi connectivity index (χ2v) is 5.61. The van der Waals surface area contributed by atoms with Gasteiger partial charge >= 0.3 is 0 Å². The molecule has 106 valence electrons. The zero-order valence-corrected chi connectivity index (χ0v) is 13.5. The summed E-state index contributed by atoms with van der Waals surface area (Å²) in [7, 11) is 3.66. The smallest absolute Gasteiger partial charge is 0.124 e. The molecule has 0 fully saturated rings. The van der Waals surface area contributed by atoms with Crippen LogP contribution in [0, 0.1) is 0 Å². The van der Waals surface area contributed by atoms with Crippen LogP contribution in [0.25, 0.3) is 0 Å². The number of benzene rings is 1. The standard InChI is InChI=1S/C16H19BrN2O/c1-11(14-6-4-5-9-19-14)16(18-2)13-8-7-12(17)10-15(13)20-3/h4-11,16,18H,1-3H3. The molecule has 4 heteroatoms. The van der Waals surface area contributed by atoms with E-state index in [4.69, 9.17) is 4.74 Å². The Morgan fingerprint density at radius 3 is 2.65 bits per heavy atom. The first-order chi connectivity index (χ1) is 9.67. The van der Waals surface area contributed by atoms with Crippen LogP contribution in [0.3, 0.4) is 0 Å². The molecule has 1 heterocycles. The third-order valence-corrected chi connectivity index (χ3v) is 3.99. The molecule has 0 bridgehead atoms. The Labute approximate surface area is 128 Å². The molecule has 0 aliphatic heterocycles. The number of pyridine rings is 1. The van der Waals surface area contributed by atoms with Crippen LogP contribution in [-0.4, -0.2) is 19.1 Å². The first-order valence-corrected chi connectivity index (χ1v) is 7.38. The zero-order valence-electron chi connectivity index (χ0n) is 11.9. The summed E-state index contributed by atoms with van der Waals surface area (Å²) >= 11 is 3.48. The fourth-order valence-corrected chi connectivity index (χ4v) is 2.77. The summed E-state index contributed by atoms with van der Waals surface area (Å²) in [5.74, 6) is 1.12. The van der Waals surface area contributed by atoms with Gasteiger partial charge in [-0.2, -0.15) is 0 Å². The van der Waals surface area contributed by atoms with E-state index < -0.39 is 0 Å². The van der Waals surface area contributed by atoms with Crippen molar-refractivity contribution in [2.24, 2.45) is 0 Å². The number of halogens is 1. The number of hydrogen-bond acceptors (Lipinski definition) is 3. The molecule has 0 spiro atoms. The second-order valence-electron chi connectivity index (χ2n) is 4.70. The molecule has 0 radical (unpaired) electrons. The SMILES string of the molecule is CNC(c1ccc(Br)cc1OC)C(C)c1ccccn1. The van der Waals surface area contributed by atoms with Gasteiger partial charge in [-0.25, -0.2) is 0 Å². The van der Waals surface area contributed by atoms with Gasteiger partial charge in [-0.1, -0.05) is 35.0 Å². The highest BCUT2D eigenvalue weighted by Crippen LogP contribution is 2.35. The zero-order chi connectivity index (χ0) is 14.5. The number of hydrogen-bond donors (Lipinski definition) is 1. The molecule has 2 rings (SSSR count). The molecule has 0 saturated carbocycles. The van der Waals surface area contributed by atoms with Gasteiger partial charge in [-0.3, -0.25) is 4.98 Å². The van der Waals surface area contributed by atoms with Crippen LogP contribution >= 0.6 is 15.9 Å².